The fraction of sp³-hybridized carbons (Fsp3) is 0.0667. The average Bonchev–Trinajstić information content (AvgIpc) is 2.48. The first kappa shape index (κ1) is 15.0. The molecule has 4 nitrogen and oxygen atoms in total. The van der Waals surface area contributed by atoms with E-state index in [-0.39, 0.29) is 18.1 Å². The maximum absolute atomic E-state index is 13.3. The highest BCUT2D eigenvalue weighted by atomic mass is 35.5. The van der Waals surface area contributed by atoms with Gasteiger partial charge in [0.2, 0.25) is 0 Å². The summed E-state index contributed by atoms with van der Waals surface area (Å²) in [5.41, 5.74) is 3.43. The highest BCUT2D eigenvalue weighted by molar-refractivity contribution is 6.30. The molecule has 0 aliphatic carbocycles. The molecule has 0 fully saturated rings. The summed E-state index contributed by atoms with van der Waals surface area (Å²) < 4.78 is 13.3. The Morgan fingerprint density at radius 3 is 2.62 bits per heavy atom. The first-order valence-electron chi connectivity index (χ1n) is 6.21. The van der Waals surface area contributed by atoms with E-state index in [4.69, 9.17) is 11.6 Å². The van der Waals surface area contributed by atoms with Crippen molar-refractivity contribution in [3.63, 3.8) is 0 Å². The molecule has 2 aromatic carbocycles. The number of carbonyl (C=O) groups is 1. The van der Waals surface area contributed by atoms with Gasteiger partial charge in [0.1, 0.15) is 5.82 Å². The zero-order valence-corrected chi connectivity index (χ0v) is 11.8. The fourth-order valence-corrected chi connectivity index (χ4v) is 1.67. The number of amides is 1. The highest BCUT2D eigenvalue weighted by Gasteiger charge is 2.02. The lowest BCUT2D eigenvalue weighted by atomic mass is 10.2. The Kier molecular flexibility index (Phi) is 5.29. The highest BCUT2D eigenvalue weighted by Crippen LogP contribution is 2.11. The van der Waals surface area contributed by atoms with Gasteiger partial charge in [-0.15, -0.1) is 0 Å². The predicted molar refractivity (Wildman–Crippen MR) is 82.1 cm³/mol. The van der Waals surface area contributed by atoms with Gasteiger partial charge in [-0.25, -0.2) is 9.82 Å². The van der Waals surface area contributed by atoms with Crippen LogP contribution in [0.3, 0.4) is 0 Å². The Labute approximate surface area is 126 Å². The van der Waals surface area contributed by atoms with Crippen molar-refractivity contribution in [2.24, 2.45) is 5.10 Å². The Bertz CT molecular complexity index is 644. The first-order chi connectivity index (χ1) is 10.1. The third-order valence-electron chi connectivity index (χ3n) is 2.59. The number of hydrogen-bond donors (Lipinski definition) is 2. The molecule has 0 saturated heterocycles. The van der Waals surface area contributed by atoms with Crippen LogP contribution < -0.4 is 10.7 Å². The number of para-hydroxylation sites is 1. The van der Waals surface area contributed by atoms with Crippen LogP contribution in [0.4, 0.5) is 10.1 Å². The molecule has 21 heavy (non-hydrogen) atoms. The van der Waals surface area contributed by atoms with Crippen LogP contribution in [0.15, 0.2) is 53.6 Å². The summed E-state index contributed by atoms with van der Waals surface area (Å²) in [7, 11) is 0. The standard InChI is InChI=1S/C15H13ClFN3O/c16-12-7-5-11(6-8-12)9-19-20-15(21)10-18-14-4-2-1-3-13(14)17/h1-9,18H,10H2,(H,20,21)/b19-9-. The molecule has 0 atom stereocenters. The molecule has 0 aliphatic heterocycles. The molecule has 0 spiro atoms. The lowest BCUT2D eigenvalue weighted by Crippen LogP contribution is -2.26. The van der Waals surface area contributed by atoms with Crippen molar-refractivity contribution in [3.05, 3.63) is 64.9 Å². The van der Waals surface area contributed by atoms with Crippen molar-refractivity contribution in [2.75, 3.05) is 11.9 Å². The summed E-state index contributed by atoms with van der Waals surface area (Å²) in [4.78, 5) is 11.5. The topological polar surface area (TPSA) is 53.5 Å². The van der Waals surface area contributed by atoms with Crippen molar-refractivity contribution in [1.82, 2.24) is 5.43 Å². The van der Waals surface area contributed by atoms with Gasteiger partial charge in [0, 0.05) is 5.02 Å². The summed E-state index contributed by atoms with van der Waals surface area (Å²) in [6, 6.07) is 13.1. The first-order valence-corrected chi connectivity index (χ1v) is 6.59. The molecule has 2 N–H and O–H groups in total. The summed E-state index contributed by atoms with van der Waals surface area (Å²) >= 11 is 5.76. The second-order valence-electron chi connectivity index (χ2n) is 4.18. The van der Waals surface area contributed by atoms with E-state index in [1.807, 2.05) is 0 Å². The molecule has 0 saturated carbocycles. The van der Waals surface area contributed by atoms with Gasteiger partial charge in [-0.3, -0.25) is 4.79 Å². The van der Waals surface area contributed by atoms with Crippen molar-refractivity contribution in [1.29, 1.82) is 0 Å². The summed E-state index contributed by atoms with van der Waals surface area (Å²) in [5, 5.41) is 7.12. The van der Waals surface area contributed by atoms with Crippen molar-refractivity contribution in [3.8, 4) is 0 Å². The second-order valence-corrected chi connectivity index (χ2v) is 4.61. The smallest absolute Gasteiger partial charge is 0.259 e. The number of hydrogen-bond acceptors (Lipinski definition) is 3. The Hall–Kier alpha value is -2.40. The van der Waals surface area contributed by atoms with Crippen LogP contribution in [0.5, 0.6) is 0 Å². The number of rotatable bonds is 5. The Morgan fingerprint density at radius 1 is 1.19 bits per heavy atom. The van der Waals surface area contributed by atoms with Crippen LogP contribution >= 0.6 is 11.6 Å². The zero-order valence-electron chi connectivity index (χ0n) is 11.0. The number of anilines is 1. The molecule has 0 heterocycles. The van der Waals surface area contributed by atoms with E-state index >= 15 is 0 Å². The van der Waals surface area contributed by atoms with Gasteiger partial charge in [-0.05, 0) is 29.8 Å². The Balaban J connectivity index is 1.80. The van der Waals surface area contributed by atoms with Crippen LogP contribution in [0, 0.1) is 5.82 Å². The number of benzene rings is 2. The van der Waals surface area contributed by atoms with Crippen molar-refractivity contribution < 1.29 is 9.18 Å². The van der Waals surface area contributed by atoms with Crippen LogP contribution in [0.1, 0.15) is 5.56 Å². The monoisotopic (exact) mass is 305 g/mol. The van der Waals surface area contributed by atoms with E-state index in [0.29, 0.717) is 5.02 Å². The maximum Gasteiger partial charge on any atom is 0.259 e. The van der Waals surface area contributed by atoms with Gasteiger partial charge in [0.15, 0.2) is 0 Å². The van der Waals surface area contributed by atoms with E-state index < -0.39 is 5.82 Å². The molecule has 0 bridgehead atoms. The van der Waals surface area contributed by atoms with Crippen LogP contribution in [0.2, 0.25) is 5.02 Å². The summed E-state index contributed by atoms with van der Waals surface area (Å²) in [6.45, 7) is -0.0705. The minimum absolute atomic E-state index is 0.0705. The number of nitrogens with zero attached hydrogens (tertiary/aromatic N) is 1. The third-order valence-corrected chi connectivity index (χ3v) is 2.84. The molecule has 1 amide bonds. The predicted octanol–water partition coefficient (Wildman–Crippen LogP) is 3.04. The van der Waals surface area contributed by atoms with E-state index in [1.165, 1.54) is 12.3 Å². The molecule has 0 aromatic heterocycles. The van der Waals surface area contributed by atoms with E-state index in [2.05, 4.69) is 15.8 Å². The molecular weight excluding hydrogens is 293 g/mol. The maximum atomic E-state index is 13.3. The lowest BCUT2D eigenvalue weighted by molar-refractivity contribution is -0.119. The van der Waals surface area contributed by atoms with E-state index in [9.17, 15) is 9.18 Å². The van der Waals surface area contributed by atoms with E-state index in [0.717, 1.165) is 5.56 Å². The van der Waals surface area contributed by atoms with Gasteiger partial charge in [0.05, 0.1) is 18.4 Å². The molecule has 0 radical (unpaired) electrons. The summed E-state index contributed by atoms with van der Waals surface area (Å²) in [5.74, 6) is -0.779. The number of hydrazone groups is 1. The largest absolute Gasteiger partial charge is 0.374 e. The minimum atomic E-state index is -0.407. The molecule has 2 rings (SSSR count). The van der Waals surface area contributed by atoms with Gasteiger partial charge < -0.3 is 5.32 Å². The molecule has 2 aromatic rings. The molecular formula is C15H13ClFN3O. The Morgan fingerprint density at radius 2 is 1.90 bits per heavy atom. The number of carbonyl (C=O) groups excluding carboxylic acids is 1. The van der Waals surface area contributed by atoms with Crippen LogP contribution in [-0.2, 0) is 4.79 Å². The van der Waals surface area contributed by atoms with Gasteiger partial charge >= 0.3 is 0 Å². The van der Waals surface area contributed by atoms with E-state index in [1.54, 1.807) is 42.5 Å². The summed E-state index contributed by atoms with van der Waals surface area (Å²) in [6.07, 6.45) is 1.50. The van der Waals surface area contributed by atoms with Crippen LogP contribution in [0.25, 0.3) is 0 Å². The SMILES string of the molecule is O=C(CNc1ccccc1F)N/N=C\c1ccc(Cl)cc1. The zero-order chi connectivity index (χ0) is 15.1. The van der Waals surface area contributed by atoms with Crippen LogP contribution in [-0.4, -0.2) is 18.7 Å². The normalized spacial score (nSPS) is 10.6. The fourth-order valence-electron chi connectivity index (χ4n) is 1.55. The second kappa shape index (κ2) is 7.40. The molecule has 108 valence electrons. The van der Waals surface area contributed by atoms with Gasteiger partial charge in [-0.2, -0.15) is 5.10 Å². The van der Waals surface area contributed by atoms with Gasteiger partial charge in [-0.1, -0.05) is 35.9 Å². The molecule has 0 aliphatic rings. The third kappa shape index (κ3) is 4.89. The van der Waals surface area contributed by atoms with Crippen molar-refractivity contribution >= 4 is 29.4 Å². The van der Waals surface area contributed by atoms with Crippen molar-refractivity contribution in [2.45, 2.75) is 0 Å². The minimum Gasteiger partial charge on any atom is -0.374 e. The quantitative estimate of drug-likeness (QED) is 0.659. The average molecular weight is 306 g/mol. The lowest BCUT2D eigenvalue weighted by Gasteiger charge is -2.05. The molecule has 6 heteroatoms. The molecule has 0 unspecified atom stereocenters. The number of halogens is 2. The van der Waals surface area contributed by atoms with Gasteiger partial charge in [0.25, 0.3) is 5.91 Å². The number of nitrogens with one attached hydrogen (secondary N) is 2.